The number of halogens is 2. The zero-order valence-electron chi connectivity index (χ0n) is 20.6. The van der Waals surface area contributed by atoms with E-state index >= 15 is 0 Å². The van der Waals surface area contributed by atoms with Crippen molar-refractivity contribution in [3.63, 3.8) is 0 Å². The summed E-state index contributed by atoms with van der Waals surface area (Å²) in [6.45, 7) is -0.181. The summed E-state index contributed by atoms with van der Waals surface area (Å²) in [5, 5.41) is 24.3. The molecule has 0 saturated heterocycles. The van der Waals surface area contributed by atoms with Gasteiger partial charge in [-0.15, -0.1) is 0 Å². The minimum atomic E-state index is -0.823. The molecule has 0 fully saturated rings. The topological polar surface area (TPSA) is 78.8 Å². The molecule has 0 amide bonds. The second-order valence-corrected chi connectivity index (χ2v) is 9.04. The van der Waals surface area contributed by atoms with E-state index in [1.807, 2.05) is 6.07 Å². The van der Waals surface area contributed by atoms with Gasteiger partial charge in [0, 0.05) is 18.2 Å². The number of benzene rings is 4. The lowest BCUT2D eigenvalue weighted by Gasteiger charge is -2.29. The predicted octanol–water partition coefficient (Wildman–Crippen LogP) is 6.46. The Bertz CT molecular complexity index is 1300. The Morgan fingerprint density at radius 2 is 1.34 bits per heavy atom. The SMILES string of the molecule is O=C(Oc1ccc([C@@H](Nc2ccc(F)cc2)[C@H](CO)CC[C@H](O)c2ccc(F)cc2)cc1)c1ccccc1. The number of aliphatic hydroxyl groups is 2. The van der Waals surface area contributed by atoms with E-state index in [1.165, 1.54) is 36.4 Å². The summed E-state index contributed by atoms with van der Waals surface area (Å²) in [4.78, 5) is 12.4. The highest BCUT2D eigenvalue weighted by molar-refractivity contribution is 5.90. The van der Waals surface area contributed by atoms with Gasteiger partial charge < -0.3 is 20.3 Å². The molecule has 0 aromatic heterocycles. The van der Waals surface area contributed by atoms with Crippen molar-refractivity contribution in [2.75, 3.05) is 11.9 Å². The lowest BCUT2D eigenvalue weighted by atomic mass is 9.87. The molecule has 196 valence electrons. The lowest BCUT2D eigenvalue weighted by Crippen LogP contribution is -2.24. The number of nitrogens with one attached hydrogen (secondary N) is 1. The molecule has 0 unspecified atom stereocenters. The van der Waals surface area contributed by atoms with Gasteiger partial charge in [0.1, 0.15) is 17.4 Å². The first-order valence-corrected chi connectivity index (χ1v) is 12.4. The van der Waals surface area contributed by atoms with Crippen LogP contribution < -0.4 is 10.1 Å². The number of rotatable bonds is 11. The van der Waals surface area contributed by atoms with Gasteiger partial charge in [0.15, 0.2) is 0 Å². The molecule has 0 aliphatic rings. The minimum absolute atomic E-state index is 0.181. The molecule has 4 aromatic carbocycles. The van der Waals surface area contributed by atoms with E-state index in [4.69, 9.17) is 4.74 Å². The number of hydrogen-bond donors (Lipinski definition) is 3. The maximum atomic E-state index is 13.5. The van der Waals surface area contributed by atoms with Gasteiger partial charge in [-0.2, -0.15) is 0 Å². The summed E-state index contributed by atoms with van der Waals surface area (Å²) < 4.78 is 32.2. The fraction of sp³-hybridized carbons (Fsp3) is 0.194. The molecule has 3 N–H and O–H groups in total. The van der Waals surface area contributed by atoms with Crippen molar-refractivity contribution < 1.29 is 28.5 Å². The van der Waals surface area contributed by atoms with Crippen molar-refractivity contribution in [2.24, 2.45) is 5.92 Å². The molecule has 7 heteroatoms. The van der Waals surface area contributed by atoms with Gasteiger partial charge in [-0.05, 0) is 84.6 Å². The molecular weight excluding hydrogens is 488 g/mol. The van der Waals surface area contributed by atoms with Crippen LogP contribution in [0.3, 0.4) is 0 Å². The Labute approximate surface area is 220 Å². The fourth-order valence-corrected chi connectivity index (χ4v) is 4.27. The molecule has 5 nitrogen and oxygen atoms in total. The summed E-state index contributed by atoms with van der Waals surface area (Å²) in [6, 6.07) is 26.8. The number of carbonyl (C=O) groups excluding carboxylic acids is 1. The summed E-state index contributed by atoms with van der Waals surface area (Å²) in [7, 11) is 0. The molecule has 4 rings (SSSR count). The Hall–Kier alpha value is -4.07. The molecule has 0 heterocycles. The molecule has 0 spiro atoms. The van der Waals surface area contributed by atoms with Gasteiger partial charge >= 0.3 is 5.97 Å². The van der Waals surface area contributed by atoms with Crippen LogP contribution in [0.2, 0.25) is 0 Å². The molecule has 3 atom stereocenters. The molecule has 38 heavy (non-hydrogen) atoms. The average molecular weight is 518 g/mol. The van der Waals surface area contributed by atoms with Crippen LogP contribution in [0.15, 0.2) is 103 Å². The van der Waals surface area contributed by atoms with E-state index in [2.05, 4.69) is 5.32 Å². The standard InChI is InChI=1S/C31H29F2NO4/c32-25-11-6-21(7-12-25)29(36)19-10-24(20-35)30(34-27-15-13-26(33)14-16-27)22-8-17-28(18-9-22)38-31(37)23-4-2-1-3-5-23/h1-9,11-18,24,29-30,34-36H,10,19-20H2/t24-,29-,30+/m0/s1. The number of ether oxygens (including phenoxy) is 1. The van der Waals surface area contributed by atoms with Gasteiger partial charge in [-0.3, -0.25) is 0 Å². The highest BCUT2D eigenvalue weighted by Gasteiger charge is 2.24. The third-order valence-corrected chi connectivity index (χ3v) is 6.40. The van der Waals surface area contributed by atoms with Crippen molar-refractivity contribution in [3.05, 3.63) is 131 Å². The number of carbonyl (C=O) groups is 1. The zero-order chi connectivity index (χ0) is 26.9. The van der Waals surface area contributed by atoms with Gasteiger partial charge in [-0.25, -0.2) is 13.6 Å². The van der Waals surface area contributed by atoms with Gasteiger partial charge in [-0.1, -0.05) is 42.5 Å². The number of esters is 1. The van der Waals surface area contributed by atoms with E-state index in [-0.39, 0.29) is 24.2 Å². The number of anilines is 1. The van der Waals surface area contributed by atoms with Crippen molar-refractivity contribution in [1.82, 2.24) is 0 Å². The lowest BCUT2D eigenvalue weighted by molar-refractivity contribution is 0.0734. The van der Waals surface area contributed by atoms with Crippen LogP contribution in [0, 0.1) is 17.6 Å². The molecular formula is C31H29F2NO4. The maximum absolute atomic E-state index is 13.5. The van der Waals surface area contributed by atoms with Gasteiger partial charge in [0.2, 0.25) is 0 Å². The van der Waals surface area contributed by atoms with Crippen molar-refractivity contribution in [1.29, 1.82) is 0 Å². The second kappa shape index (κ2) is 12.9. The van der Waals surface area contributed by atoms with Crippen LogP contribution >= 0.6 is 0 Å². The van der Waals surface area contributed by atoms with E-state index in [1.54, 1.807) is 60.7 Å². The first kappa shape index (κ1) is 27.0. The largest absolute Gasteiger partial charge is 0.423 e. The first-order chi connectivity index (χ1) is 18.4. The van der Waals surface area contributed by atoms with Crippen LogP contribution in [0.5, 0.6) is 5.75 Å². The zero-order valence-corrected chi connectivity index (χ0v) is 20.6. The summed E-state index contributed by atoms with van der Waals surface area (Å²) in [5.74, 6) is -1.17. The molecule has 4 aromatic rings. The molecule has 0 aliphatic carbocycles. The quantitative estimate of drug-likeness (QED) is 0.157. The van der Waals surface area contributed by atoms with Gasteiger partial charge in [0.25, 0.3) is 0 Å². The normalized spacial score (nSPS) is 13.4. The van der Waals surface area contributed by atoms with Crippen LogP contribution in [-0.2, 0) is 0 Å². The first-order valence-electron chi connectivity index (χ1n) is 12.4. The van der Waals surface area contributed by atoms with Gasteiger partial charge in [0.05, 0.1) is 17.7 Å². The summed E-state index contributed by atoms with van der Waals surface area (Å²) in [6.07, 6.45) is -0.0416. The highest BCUT2D eigenvalue weighted by Crippen LogP contribution is 2.33. The van der Waals surface area contributed by atoms with E-state index in [9.17, 15) is 23.8 Å². The third-order valence-electron chi connectivity index (χ3n) is 6.40. The average Bonchev–Trinajstić information content (AvgIpc) is 2.95. The molecule has 0 radical (unpaired) electrons. The predicted molar refractivity (Wildman–Crippen MR) is 142 cm³/mol. The summed E-state index contributed by atoms with van der Waals surface area (Å²) >= 11 is 0. The van der Waals surface area contributed by atoms with Crippen LogP contribution in [0.1, 0.15) is 46.5 Å². The van der Waals surface area contributed by atoms with Crippen LogP contribution in [-0.4, -0.2) is 22.8 Å². The Morgan fingerprint density at radius 3 is 1.95 bits per heavy atom. The number of aliphatic hydroxyl groups excluding tert-OH is 2. The maximum Gasteiger partial charge on any atom is 0.343 e. The Kier molecular flexibility index (Phi) is 9.19. The third kappa shape index (κ3) is 7.25. The van der Waals surface area contributed by atoms with E-state index in [0.29, 0.717) is 35.4 Å². The monoisotopic (exact) mass is 517 g/mol. The number of hydrogen-bond acceptors (Lipinski definition) is 5. The second-order valence-electron chi connectivity index (χ2n) is 9.04. The molecule has 0 saturated carbocycles. The van der Waals surface area contributed by atoms with Crippen molar-refractivity contribution in [3.8, 4) is 5.75 Å². The molecule has 0 bridgehead atoms. The Balaban J connectivity index is 1.51. The fourth-order valence-electron chi connectivity index (χ4n) is 4.27. The van der Waals surface area contributed by atoms with E-state index in [0.717, 1.165) is 5.56 Å². The smallest absolute Gasteiger partial charge is 0.343 e. The minimum Gasteiger partial charge on any atom is -0.423 e. The van der Waals surface area contributed by atoms with Crippen molar-refractivity contribution >= 4 is 11.7 Å². The highest BCUT2D eigenvalue weighted by atomic mass is 19.1. The van der Waals surface area contributed by atoms with Crippen molar-refractivity contribution in [2.45, 2.75) is 25.0 Å². The summed E-state index contributed by atoms with van der Waals surface area (Å²) in [5.41, 5.74) is 2.50. The molecule has 0 aliphatic heterocycles. The Morgan fingerprint density at radius 1 is 0.763 bits per heavy atom. The van der Waals surface area contributed by atoms with E-state index < -0.39 is 18.1 Å². The van der Waals surface area contributed by atoms with Crippen LogP contribution in [0.4, 0.5) is 14.5 Å². The van der Waals surface area contributed by atoms with Crippen LogP contribution in [0.25, 0.3) is 0 Å².